The van der Waals surface area contributed by atoms with Gasteiger partial charge in [0.15, 0.2) is 6.10 Å². The van der Waals surface area contributed by atoms with E-state index in [-0.39, 0.29) is 17.2 Å². The number of rotatable bonds is 8. The number of carbonyl (C=O) groups is 3. The fraction of sp³-hybridized carbons (Fsp3) is 0.125. The maximum Gasteiger partial charge on any atom is 0.341 e. The number of para-hydroxylation sites is 1. The summed E-state index contributed by atoms with van der Waals surface area (Å²) in [6.07, 6.45) is -1.27. The van der Waals surface area contributed by atoms with Crippen LogP contribution in [0, 0.1) is 11.6 Å². The van der Waals surface area contributed by atoms with Gasteiger partial charge in [-0.1, -0.05) is 12.1 Å². The molecule has 36 heavy (non-hydrogen) atoms. The zero-order valence-corrected chi connectivity index (χ0v) is 19.9. The fourth-order valence-electron chi connectivity index (χ4n) is 3.00. The Balaban J connectivity index is 1.70. The molecule has 0 aliphatic rings. The van der Waals surface area contributed by atoms with Gasteiger partial charge in [0.05, 0.1) is 11.3 Å². The molecule has 9 nitrogen and oxygen atoms in total. The normalized spacial score (nSPS) is 11.8. The van der Waals surface area contributed by atoms with Gasteiger partial charge in [0.1, 0.15) is 16.5 Å². The first-order valence-corrected chi connectivity index (χ1v) is 11.9. The highest BCUT2D eigenvalue weighted by Gasteiger charge is 2.25. The first-order valence-electron chi connectivity index (χ1n) is 10.4. The van der Waals surface area contributed by atoms with E-state index in [4.69, 9.17) is 4.74 Å². The van der Waals surface area contributed by atoms with Crippen LogP contribution in [0.15, 0.2) is 71.6 Å². The lowest BCUT2D eigenvalue weighted by Crippen LogP contribution is -2.30. The van der Waals surface area contributed by atoms with E-state index in [0.717, 1.165) is 12.1 Å². The molecule has 1 unspecified atom stereocenters. The number of anilines is 3. The maximum absolute atomic E-state index is 14.0. The monoisotopic (exact) mass is 517 g/mol. The summed E-state index contributed by atoms with van der Waals surface area (Å²) in [7, 11) is -4.52. The molecule has 3 N–H and O–H groups in total. The summed E-state index contributed by atoms with van der Waals surface area (Å²) in [5.74, 6) is -4.19. The molecule has 0 fully saturated rings. The van der Waals surface area contributed by atoms with Crippen molar-refractivity contribution < 1.29 is 36.3 Å². The largest absolute Gasteiger partial charge is 0.449 e. The number of carbonyl (C=O) groups excluding carboxylic acids is 3. The van der Waals surface area contributed by atoms with Crippen molar-refractivity contribution in [3.8, 4) is 0 Å². The predicted molar refractivity (Wildman–Crippen MR) is 128 cm³/mol. The molecule has 0 spiro atoms. The third-order valence-electron chi connectivity index (χ3n) is 4.70. The first kappa shape index (κ1) is 26.3. The highest BCUT2D eigenvalue weighted by Crippen LogP contribution is 2.23. The Morgan fingerprint density at radius 2 is 1.50 bits per heavy atom. The lowest BCUT2D eigenvalue weighted by atomic mass is 10.2. The second-order valence-corrected chi connectivity index (χ2v) is 9.17. The van der Waals surface area contributed by atoms with Crippen molar-refractivity contribution >= 4 is 44.9 Å². The first-order chi connectivity index (χ1) is 17.0. The van der Waals surface area contributed by atoms with E-state index >= 15 is 0 Å². The van der Waals surface area contributed by atoms with Crippen LogP contribution in [0.2, 0.25) is 0 Å². The van der Waals surface area contributed by atoms with Gasteiger partial charge in [0, 0.05) is 24.4 Å². The summed E-state index contributed by atoms with van der Waals surface area (Å²) < 4.78 is 59.7. The Kier molecular flexibility index (Phi) is 8.00. The van der Waals surface area contributed by atoms with Gasteiger partial charge >= 0.3 is 5.97 Å². The van der Waals surface area contributed by atoms with Crippen molar-refractivity contribution in [2.24, 2.45) is 0 Å². The summed E-state index contributed by atoms with van der Waals surface area (Å²) in [4.78, 5) is 35.4. The summed E-state index contributed by atoms with van der Waals surface area (Å²) in [5, 5.41) is 5.13. The number of halogens is 2. The molecule has 0 aliphatic carbocycles. The smallest absolute Gasteiger partial charge is 0.341 e. The van der Waals surface area contributed by atoms with E-state index in [1.165, 1.54) is 50.2 Å². The van der Waals surface area contributed by atoms with E-state index < -0.39 is 44.5 Å². The number of nitrogens with one attached hydrogen (secondary N) is 3. The topological polar surface area (TPSA) is 131 Å². The van der Waals surface area contributed by atoms with Gasteiger partial charge in [-0.2, -0.15) is 0 Å². The highest BCUT2D eigenvalue weighted by atomic mass is 32.2. The van der Waals surface area contributed by atoms with Gasteiger partial charge in [0.25, 0.3) is 15.9 Å². The molecule has 0 aliphatic heterocycles. The molecule has 0 saturated carbocycles. The van der Waals surface area contributed by atoms with E-state index in [9.17, 15) is 31.6 Å². The highest BCUT2D eigenvalue weighted by molar-refractivity contribution is 7.92. The second-order valence-electron chi connectivity index (χ2n) is 7.52. The molecule has 0 aromatic heterocycles. The Morgan fingerprint density at radius 1 is 0.889 bits per heavy atom. The molecule has 0 bridgehead atoms. The second kappa shape index (κ2) is 11.0. The van der Waals surface area contributed by atoms with Crippen molar-refractivity contribution in [2.45, 2.75) is 24.8 Å². The summed E-state index contributed by atoms with van der Waals surface area (Å²) in [6, 6.07) is 13.5. The third-order valence-corrected chi connectivity index (χ3v) is 6.10. The van der Waals surface area contributed by atoms with Gasteiger partial charge in [-0.05, 0) is 55.5 Å². The average molecular weight is 518 g/mol. The molecular formula is C24H21F2N3O6S. The van der Waals surface area contributed by atoms with Crippen LogP contribution in [-0.4, -0.2) is 32.3 Å². The Hall–Kier alpha value is -4.32. The number of benzene rings is 3. The van der Waals surface area contributed by atoms with Gasteiger partial charge in [-0.25, -0.2) is 22.0 Å². The molecule has 0 saturated heterocycles. The predicted octanol–water partition coefficient (Wildman–Crippen LogP) is 3.91. The Bertz CT molecular complexity index is 1410. The fourth-order valence-corrected chi connectivity index (χ4v) is 4.14. The average Bonchev–Trinajstić information content (AvgIpc) is 2.79. The van der Waals surface area contributed by atoms with E-state index in [1.54, 1.807) is 12.1 Å². The van der Waals surface area contributed by atoms with Crippen molar-refractivity contribution in [1.82, 2.24) is 0 Å². The molecule has 188 valence electrons. The minimum atomic E-state index is -4.52. The zero-order chi connectivity index (χ0) is 26.5. The van der Waals surface area contributed by atoms with Crippen molar-refractivity contribution in [1.29, 1.82) is 0 Å². The number of esters is 1. The van der Waals surface area contributed by atoms with Gasteiger partial charge in [-0.15, -0.1) is 0 Å². The lowest BCUT2D eigenvalue weighted by Gasteiger charge is -2.16. The van der Waals surface area contributed by atoms with Crippen LogP contribution in [0.4, 0.5) is 25.8 Å². The quantitative estimate of drug-likeness (QED) is 0.389. The molecular weight excluding hydrogens is 496 g/mol. The molecule has 0 radical (unpaired) electrons. The third kappa shape index (κ3) is 6.63. The standard InChI is InChI=1S/C24H21F2N3O6S/c1-14(23(31)28-18-10-8-17(9-11-18)27-15(2)30)35-24(32)19-5-3-4-6-21(19)29-36(33,34)22-12-7-16(25)13-20(22)26/h3-14,29H,1-2H3,(H,27,30)(H,28,31). The van der Waals surface area contributed by atoms with Crippen molar-refractivity contribution in [2.75, 3.05) is 15.4 Å². The summed E-state index contributed by atoms with van der Waals surface area (Å²) in [6.45, 7) is 2.68. The van der Waals surface area contributed by atoms with Crippen LogP contribution in [0.5, 0.6) is 0 Å². The summed E-state index contributed by atoms with van der Waals surface area (Å²) in [5.41, 5.74) is 0.446. The maximum atomic E-state index is 14.0. The molecule has 3 aromatic carbocycles. The van der Waals surface area contributed by atoms with Gasteiger partial charge < -0.3 is 15.4 Å². The molecule has 3 rings (SSSR count). The lowest BCUT2D eigenvalue weighted by molar-refractivity contribution is -0.123. The Morgan fingerprint density at radius 3 is 2.11 bits per heavy atom. The van der Waals surface area contributed by atoms with E-state index in [2.05, 4.69) is 15.4 Å². The number of hydrogen-bond acceptors (Lipinski definition) is 6. The van der Waals surface area contributed by atoms with Crippen LogP contribution in [0.25, 0.3) is 0 Å². The van der Waals surface area contributed by atoms with E-state index in [0.29, 0.717) is 17.4 Å². The van der Waals surface area contributed by atoms with E-state index in [1.807, 2.05) is 0 Å². The van der Waals surface area contributed by atoms with Crippen molar-refractivity contribution in [3.63, 3.8) is 0 Å². The van der Waals surface area contributed by atoms with Gasteiger partial charge in [-0.3, -0.25) is 14.3 Å². The molecule has 0 heterocycles. The number of amides is 2. The van der Waals surface area contributed by atoms with Crippen LogP contribution >= 0.6 is 0 Å². The molecule has 3 aromatic rings. The molecule has 12 heteroatoms. The van der Waals surface area contributed by atoms with Crippen LogP contribution in [0.3, 0.4) is 0 Å². The zero-order valence-electron chi connectivity index (χ0n) is 19.0. The SMILES string of the molecule is CC(=O)Nc1ccc(NC(=O)C(C)OC(=O)c2ccccc2NS(=O)(=O)c2ccc(F)cc2F)cc1. The van der Waals surface area contributed by atoms with Crippen LogP contribution in [-0.2, 0) is 24.3 Å². The van der Waals surface area contributed by atoms with Gasteiger partial charge in [0.2, 0.25) is 5.91 Å². The Labute approximate surface area is 205 Å². The minimum Gasteiger partial charge on any atom is -0.449 e. The molecule has 1 atom stereocenters. The molecule has 2 amide bonds. The van der Waals surface area contributed by atoms with Crippen LogP contribution in [0.1, 0.15) is 24.2 Å². The van der Waals surface area contributed by atoms with Crippen molar-refractivity contribution in [3.05, 3.63) is 83.9 Å². The number of sulfonamides is 1. The summed E-state index contributed by atoms with van der Waals surface area (Å²) >= 11 is 0. The number of ether oxygens (including phenoxy) is 1. The van der Waals surface area contributed by atoms with Crippen LogP contribution < -0.4 is 15.4 Å². The number of hydrogen-bond donors (Lipinski definition) is 3. The minimum absolute atomic E-state index is 0.229.